The van der Waals surface area contributed by atoms with Gasteiger partial charge in [0.05, 0.1) is 19.8 Å². The Balaban J connectivity index is 2.31. The Morgan fingerprint density at radius 1 is 1.72 bits per heavy atom. The summed E-state index contributed by atoms with van der Waals surface area (Å²) in [6.07, 6.45) is 1.61. The van der Waals surface area contributed by atoms with E-state index in [1.807, 2.05) is 17.9 Å². The van der Waals surface area contributed by atoms with E-state index in [1.54, 1.807) is 6.20 Å². The van der Waals surface area contributed by atoms with Crippen LogP contribution in [0.3, 0.4) is 0 Å². The Hall–Kier alpha value is -1.66. The van der Waals surface area contributed by atoms with Crippen LogP contribution in [0.25, 0.3) is 0 Å². The Bertz CT molecular complexity index is 450. The van der Waals surface area contributed by atoms with Gasteiger partial charge in [0.2, 0.25) is 5.91 Å². The normalized spacial score (nSPS) is 19.9. The summed E-state index contributed by atoms with van der Waals surface area (Å²) in [6, 6.07) is 1.38. The first-order chi connectivity index (χ1) is 8.63. The van der Waals surface area contributed by atoms with Crippen LogP contribution >= 0.6 is 0 Å². The Labute approximate surface area is 105 Å². The highest BCUT2D eigenvalue weighted by atomic mass is 16.5. The number of aliphatic hydroxyl groups excluding tert-OH is 1. The molecule has 1 unspecified atom stereocenters. The van der Waals surface area contributed by atoms with Crippen molar-refractivity contribution in [2.24, 2.45) is 5.73 Å². The lowest BCUT2D eigenvalue weighted by molar-refractivity contribution is -0.121. The molecule has 0 spiro atoms. The highest BCUT2D eigenvalue weighted by molar-refractivity contribution is 5.84. The smallest absolute Gasteiger partial charge is 0.242 e. The molecule has 1 fully saturated rings. The van der Waals surface area contributed by atoms with E-state index in [0.29, 0.717) is 13.2 Å². The molecule has 1 atom stereocenters. The quantitative estimate of drug-likeness (QED) is 0.761. The van der Waals surface area contributed by atoms with E-state index in [2.05, 4.69) is 4.98 Å². The standard InChI is InChI=1S/C12H17N3O3/c1-8-4-9(6-16)5-14-12(8)15-2-3-18-7-10(15)11(13)17/h4-5,10,16H,2-3,6-7H2,1H3,(H2,13,17). The van der Waals surface area contributed by atoms with Crippen molar-refractivity contribution >= 4 is 11.7 Å². The average molecular weight is 251 g/mol. The van der Waals surface area contributed by atoms with E-state index < -0.39 is 11.9 Å². The summed E-state index contributed by atoms with van der Waals surface area (Å²) < 4.78 is 5.27. The van der Waals surface area contributed by atoms with Gasteiger partial charge < -0.3 is 20.5 Å². The van der Waals surface area contributed by atoms with Crippen molar-refractivity contribution in [2.75, 3.05) is 24.7 Å². The zero-order valence-corrected chi connectivity index (χ0v) is 10.3. The molecule has 0 bridgehead atoms. The fourth-order valence-corrected chi connectivity index (χ4v) is 2.11. The van der Waals surface area contributed by atoms with E-state index in [1.165, 1.54) is 0 Å². The van der Waals surface area contributed by atoms with Crippen LogP contribution in [-0.2, 0) is 16.1 Å². The molecule has 0 aromatic carbocycles. The third-order valence-electron chi connectivity index (χ3n) is 3.02. The van der Waals surface area contributed by atoms with Gasteiger partial charge in [0.25, 0.3) is 0 Å². The molecule has 98 valence electrons. The lowest BCUT2D eigenvalue weighted by Gasteiger charge is -2.35. The zero-order chi connectivity index (χ0) is 13.1. The van der Waals surface area contributed by atoms with Crippen molar-refractivity contribution in [3.63, 3.8) is 0 Å². The molecule has 1 aromatic heterocycles. The SMILES string of the molecule is Cc1cc(CO)cnc1N1CCOCC1C(N)=O. The van der Waals surface area contributed by atoms with E-state index >= 15 is 0 Å². The second-order valence-electron chi connectivity index (χ2n) is 4.33. The van der Waals surface area contributed by atoms with Gasteiger partial charge in [-0.1, -0.05) is 0 Å². The van der Waals surface area contributed by atoms with E-state index in [4.69, 9.17) is 15.6 Å². The molecule has 6 nitrogen and oxygen atoms in total. The van der Waals surface area contributed by atoms with Crippen molar-refractivity contribution in [2.45, 2.75) is 19.6 Å². The number of nitrogens with zero attached hydrogens (tertiary/aromatic N) is 2. The number of aryl methyl sites for hydroxylation is 1. The fraction of sp³-hybridized carbons (Fsp3) is 0.500. The average Bonchev–Trinajstić information content (AvgIpc) is 2.38. The van der Waals surface area contributed by atoms with E-state index in [9.17, 15) is 4.79 Å². The van der Waals surface area contributed by atoms with E-state index in [-0.39, 0.29) is 13.2 Å². The van der Waals surface area contributed by atoms with Gasteiger partial charge in [0.15, 0.2) is 0 Å². The van der Waals surface area contributed by atoms with Crippen LogP contribution in [0.4, 0.5) is 5.82 Å². The number of pyridine rings is 1. The molecule has 0 radical (unpaired) electrons. The molecule has 1 aliphatic heterocycles. The predicted molar refractivity (Wildman–Crippen MR) is 66.0 cm³/mol. The maximum absolute atomic E-state index is 11.4. The Kier molecular flexibility index (Phi) is 3.78. The monoisotopic (exact) mass is 251 g/mol. The molecule has 0 saturated carbocycles. The topological polar surface area (TPSA) is 88.7 Å². The second kappa shape index (κ2) is 5.32. The molecule has 18 heavy (non-hydrogen) atoms. The molecule has 3 N–H and O–H groups in total. The third-order valence-corrected chi connectivity index (χ3v) is 3.02. The lowest BCUT2D eigenvalue weighted by Crippen LogP contribution is -2.53. The molecule has 1 aliphatic rings. The number of ether oxygens (including phenoxy) is 1. The molecular weight excluding hydrogens is 234 g/mol. The summed E-state index contributed by atoms with van der Waals surface area (Å²) in [4.78, 5) is 17.6. The first-order valence-corrected chi connectivity index (χ1v) is 5.83. The van der Waals surface area contributed by atoms with Crippen LogP contribution in [0.1, 0.15) is 11.1 Å². The zero-order valence-electron chi connectivity index (χ0n) is 10.3. The predicted octanol–water partition coefficient (Wildman–Crippen LogP) is -0.427. The van der Waals surface area contributed by atoms with Crippen LogP contribution < -0.4 is 10.6 Å². The van der Waals surface area contributed by atoms with Crippen molar-refractivity contribution in [1.82, 2.24) is 4.98 Å². The molecule has 1 amide bonds. The van der Waals surface area contributed by atoms with Crippen LogP contribution in [0.2, 0.25) is 0 Å². The molecule has 1 saturated heterocycles. The molecular formula is C12H17N3O3. The third kappa shape index (κ3) is 2.44. The molecule has 2 rings (SSSR count). The lowest BCUT2D eigenvalue weighted by atomic mass is 10.1. The number of aromatic nitrogens is 1. The van der Waals surface area contributed by atoms with Gasteiger partial charge in [-0.25, -0.2) is 4.98 Å². The highest BCUT2D eigenvalue weighted by Gasteiger charge is 2.29. The van der Waals surface area contributed by atoms with Gasteiger partial charge in [-0.15, -0.1) is 0 Å². The largest absolute Gasteiger partial charge is 0.392 e. The van der Waals surface area contributed by atoms with Crippen LogP contribution in [0.15, 0.2) is 12.3 Å². The number of carbonyl (C=O) groups excluding carboxylic acids is 1. The van der Waals surface area contributed by atoms with Crippen molar-refractivity contribution < 1.29 is 14.6 Å². The maximum Gasteiger partial charge on any atom is 0.242 e. The second-order valence-corrected chi connectivity index (χ2v) is 4.33. The van der Waals surface area contributed by atoms with Crippen LogP contribution in [0, 0.1) is 6.92 Å². The fourth-order valence-electron chi connectivity index (χ4n) is 2.11. The highest BCUT2D eigenvalue weighted by Crippen LogP contribution is 2.22. The number of nitrogens with two attached hydrogens (primary N) is 1. The van der Waals surface area contributed by atoms with Gasteiger partial charge in [-0.3, -0.25) is 4.79 Å². The van der Waals surface area contributed by atoms with Crippen LogP contribution in [0.5, 0.6) is 0 Å². The molecule has 2 heterocycles. The first kappa shape index (κ1) is 12.8. The summed E-state index contributed by atoms with van der Waals surface area (Å²) in [5, 5.41) is 9.06. The molecule has 1 aromatic rings. The number of hydrogen-bond acceptors (Lipinski definition) is 5. The number of hydrogen-bond donors (Lipinski definition) is 2. The summed E-state index contributed by atoms with van der Waals surface area (Å²) in [5.41, 5.74) is 7.03. The van der Waals surface area contributed by atoms with Crippen molar-refractivity contribution in [3.8, 4) is 0 Å². The maximum atomic E-state index is 11.4. The van der Waals surface area contributed by atoms with Gasteiger partial charge in [0.1, 0.15) is 11.9 Å². The van der Waals surface area contributed by atoms with Crippen LogP contribution in [-0.4, -0.2) is 41.8 Å². The number of carbonyl (C=O) groups is 1. The summed E-state index contributed by atoms with van der Waals surface area (Å²) in [5.74, 6) is 0.307. The number of morpholine rings is 1. The van der Waals surface area contributed by atoms with E-state index in [0.717, 1.165) is 16.9 Å². The number of anilines is 1. The minimum Gasteiger partial charge on any atom is -0.392 e. The van der Waals surface area contributed by atoms with Gasteiger partial charge in [-0.2, -0.15) is 0 Å². The van der Waals surface area contributed by atoms with Gasteiger partial charge in [0, 0.05) is 12.7 Å². The van der Waals surface area contributed by atoms with Gasteiger partial charge >= 0.3 is 0 Å². The minimum absolute atomic E-state index is 0.0452. The summed E-state index contributed by atoms with van der Waals surface area (Å²) in [6.45, 7) is 3.27. The van der Waals surface area contributed by atoms with Crippen molar-refractivity contribution in [3.05, 3.63) is 23.4 Å². The van der Waals surface area contributed by atoms with Crippen molar-refractivity contribution in [1.29, 1.82) is 0 Å². The summed E-state index contributed by atoms with van der Waals surface area (Å²) >= 11 is 0. The molecule has 6 heteroatoms. The number of rotatable bonds is 3. The first-order valence-electron chi connectivity index (χ1n) is 5.83. The molecule has 0 aliphatic carbocycles. The summed E-state index contributed by atoms with van der Waals surface area (Å²) in [7, 11) is 0. The minimum atomic E-state index is -0.482. The Morgan fingerprint density at radius 3 is 3.11 bits per heavy atom. The van der Waals surface area contributed by atoms with Gasteiger partial charge in [-0.05, 0) is 24.1 Å². The Morgan fingerprint density at radius 2 is 2.50 bits per heavy atom. The number of amides is 1. The number of aliphatic hydroxyl groups is 1. The number of primary amides is 1.